The van der Waals surface area contributed by atoms with Crippen LogP contribution in [0.1, 0.15) is 19.8 Å². The van der Waals surface area contributed by atoms with Gasteiger partial charge in [0.25, 0.3) is 0 Å². The van der Waals surface area contributed by atoms with Gasteiger partial charge in [-0.15, -0.1) is 0 Å². The molecule has 0 amide bonds. The third-order valence-electron chi connectivity index (χ3n) is 1.73. The molecule has 0 spiro atoms. The lowest BCUT2D eigenvalue weighted by atomic mass is 10.1. The van der Waals surface area contributed by atoms with Crippen LogP contribution in [-0.4, -0.2) is 11.5 Å². The van der Waals surface area contributed by atoms with E-state index < -0.39 is 5.56 Å². The molecule has 0 saturated heterocycles. The highest BCUT2D eigenvalue weighted by molar-refractivity contribution is 6.20. The maximum Gasteiger partial charge on any atom is 0.313 e. The van der Waals surface area contributed by atoms with Gasteiger partial charge >= 0.3 is 5.97 Å². The topological polar surface area (TPSA) is 26.3 Å². The molecule has 1 rings (SSSR count). The molecule has 1 aliphatic carbocycles. The highest BCUT2D eigenvalue weighted by Crippen LogP contribution is 2.46. The van der Waals surface area contributed by atoms with Crippen LogP contribution in [0.5, 0.6) is 0 Å². The number of alkyl halides is 1. The number of carbonyl (C=O) groups excluding carboxylic acids is 1. The summed E-state index contributed by atoms with van der Waals surface area (Å²) in [6.45, 7) is 5.21. The molecule has 0 heterocycles. The first-order chi connectivity index (χ1) is 4.54. The van der Waals surface area contributed by atoms with Gasteiger partial charge in [0.1, 0.15) is 0 Å². The van der Waals surface area contributed by atoms with E-state index in [4.69, 9.17) is 16.3 Å². The van der Waals surface area contributed by atoms with Crippen molar-refractivity contribution in [2.75, 3.05) is 0 Å². The summed E-state index contributed by atoms with van der Waals surface area (Å²) < 4.78 is 4.69. The Hall–Kier alpha value is -0.240. The summed E-state index contributed by atoms with van der Waals surface area (Å²) >= 11 is 5.35. The average molecular weight is 162 g/mol. The molecule has 1 fully saturated rings. The van der Waals surface area contributed by atoms with Crippen molar-refractivity contribution < 1.29 is 9.53 Å². The fraction of sp³-hybridized carbons (Fsp3) is 0.714. The Morgan fingerprint density at radius 3 is 2.60 bits per heavy atom. The maximum absolute atomic E-state index is 11.0. The van der Waals surface area contributed by atoms with E-state index in [9.17, 15) is 4.79 Å². The minimum atomic E-state index is -0.745. The van der Waals surface area contributed by atoms with Crippen molar-refractivity contribution >= 4 is 17.6 Å². The van der Waals surface area contributed by atoms with Gasteiger partial charge in [-0.3, -0.25) is 4.79 Å². The molecular formula is C7H10ClO2. The maximum atomic E-state index is 11.0. The van der Waals surface area contributed by atoms with Crippen LogP contribution in [0.15, 0.2) is 0 Å². The molecule has 0 N–H and O–H groups in total. The summed E-state index contributed by atoms with van der Waals surface area (Å²) in [5.74, 6) is -0.220. The number of carbonyl (C=O) groups is 1. The first-order valence-corrected chi connectivity index (χ1v) is 3.66. The Morgan fingerprint density at radius 1 is 1.80 bits per heavy atom. The van der Waals surface area contributed by atoms with Gasteiger partial charge < -0.3 is 4.74 Å². The van der Waals surface area contributed by atoms with Crippen molar-refractivity contribution in [1.29, 1.82) is 0 Å². The van der Waals surface area contributed by atoms with Gasteiger partial charge in [0.05, 0.1) is 5.41 Å². The van der Waals surface area contributed by atoms with Crippen LogP contribution < -0.4 is 0 Å². The lowest BCUT2D eigenvalue weighted by Gasteiger charge is -2.09. The van der Waals surface area contributed by atoms with E-state index in [2.05, 4.69) is 6.92 Å². The van der Waals surface area contributed by atoms with Crippen LogP contribution in [0.25, 0.3) is 0 Å². The zero-order valence-corrected chi connectivity index (χ0v) is 6.65. The second kappa shape index (κ2) is 2.42. The fourth-order valence-electron chi connectivity index (χ4n) is 0.650. The summed E-state index contributed by atoms with van der Waals surface area (Å²) in [4.78, 5) is 11.0. The molecule has 0 aromatic heterocycles. The number of rotatable bonds is 2. The highest BCUT2D eigenvalue weighted by atomic mass is 35.5. The smallest absolute Gasteiger partial charge is 0.313 e. The van der Waals surface area contributed by atoms with Crippen molar-refractivity contribution in [2.24, 2.45) is 5.41 Å². The number of hydrogen-bond acceptors (Lipinski definition) is 2. The SMILES string of the molecule is [CH2]C(Cl)OC(=O)C1(C)CC1. The van der Waals surface area contributed by atoms with E-state index in [1.165, 1.54) is 0 Å². The quantitative estimate of drug-likeness (QED) is 0.456. The second-order valence-corrected chi connectivity index (χ2v) is 3.36. The molecule has 1 aliphatic rings. The van der Waals surface area contributed by atoms with Crippen molar-refractivity contribution in [3.63, 3.8) is 0 Å². The summed E-state index contributed by atoms with van der Waals surface area (Å²) in [7, 11) is 0. The van der Waals surface area contributed by atoms with Crippen molar-refractivity contribution in [3.05, 3.63) is 6.92 Å². The molecular weight excluding hydrogens is 152 g/mol. The molecule has 57 valence electrons. The van der Waals surface area contributed by atoms with Crippen LogP contribution in [0.2, 0.25) is 0 Å². The van der Waals surface area contributed by atoms with Gasteiger partial charge in [-0.2, -0.15) is 0 Å². The molecule has 1 unspecified atom stereocenters. The summed E-state index contributed by atoms with van der Waals surface area (Å²) in [6.07, 6.45) is 1.82. The number of halogens is 1. The van der Waals surface area contributed by atoms with Crippen LogP contribution in [0, 0.1) is 12.3 Å². The molecule has 3 heteroatoms. The van der Waals surface area contributed by atoms with Gasteiger partial charge in [-0.25, -0.2) is 0 Å². The van der Waals surface area contributed by atoms with E-state index >= 15 is 0 Å². The van der Waals surface area contributed by atoms with Crippen LogP contribution in [-0.2, 0) is 9.53 Å². The first-order valence-electron chi connectivity index (χ1n) is 3.23. The van der Waals surface area contributed by atoms with Crippen molar-refractivity contribution in [3.8, 4) is 0 Å². The minimum absolute atomic E-state index is 0.220. The van der Waals surface area contributed by atoms with Gasteiger partial charge in [0, 0.05) is 6.92 Å². The van der Waals surface area contributed by atoms with Crippen LogP contribution >= 0.6 is 11.6 Å². The molecule has 2 nitrogen and oxygen atoms in total. The average Bonchev–Trinajstić information content (AvgIpc) is 2.47. The van der Waals surface area contributed by atoms with E-state index in [-0.39, 0.29) is 11.4 Å². The number of hydrogen-bond donors (Lipinski definition) is 0. The molecule has 10 heavy (non-hydrogen) atoms. The molecule has 0 bridgehead atoms. The fourth-order valence-corrected chi connectivity index (χ4v) is 0.731. The van der Waals surface area contributed by atoms with E-state index in [0.717, 1.165) is 12.8 Å². The third kappa shape index (κ3) is 1.63. The molecule has 0 aliphatic heterocycles. The van der Waals surface area contributed by atoms with Gasteiger partial charge in [0.2, 0.25) is 0 Å². The van der Waals surface area contributed by atoms with Crippen LogP contribution in [0.3, 0.4) is 0 Å². The first kappa shape index (κ1) is 7.86. The Kier molecular flexibility index (Phi) is 1.90. The van der Waals surface area contributed by atoms with E-state index in [1.807, 2.05) is 6.92 Å². The largest absolute Gasteiger partial charge is 0.446 e. The number of ether oxygens (including phenoxy) is 1. The minimum Gasteiger partial charge on any atom is -0.446 e. The Bertz CT molecular complexity index is 150. The molecule has 0 aromatic rings. The Morgan fingerprint density at radius 2 is 2.30 bits per heavy atom. The Labute approximate surface area is 65.5 Å². The third-order valence-corrected chi connectivity index (χ3v) is 1.82. The molecule has 0 aromatic carbocycles. The van der Waals surface area contributed by atoms with Crippen LogP contribution in [0.4, 0.5) is 0 Å². The number of esters is 1. The summed E-state index contributed by atoms with van der Waals surface area (Å²) in [5, 5.41) is 0. The summed E-state index contributed by atoms with van der Waals surface area (Å²) in [6, 6.07) is 0. The molecule has 1 radical (unpaired) electrons. The predicted octanol–water partition coefficient (Wildman–Crippen LogP) is 1.73. The van der Waals surface area contributed by atoms with E-state index in [0.29, 0.717) is 0 Å². The summed E-state index contributed by atoms with van der Waals surface area (Å²) in [5.41, 5.74) is -0.991. The molecule has 1 atom stereocenters. The lowest BCUT2D eigenvalue weighted by molar-refractivity contribution is -0.149. The molecule has 1 saturated carbocycles. The highest BCUT2D eigenvalue weighted by Gasteiger charge is 2.46. The zero-order valence-electron chi connectivity index (χ0n) is 5.89. The van der Waals surface area contributed by atoms with Gasteiger partial charge in [0.15, 0.2) is 5.56 Å². The normalized spacial score (nSPS) is 23.5. The zero-order chi connectivity index (χ0) is 7.78. The predicted molar refractivity (Wildman–Crippen MR) is 38.4 cm³/mol. The standard InChI is InChI=1S/C7H10ClO2/c1-5(8)10-6(9)7(2)3-4-7/h5H,1,3-4H2,2H3. The van der Waals surface area contributed by atoms with E-state index in [1.54, 1.807) is 0 Å². The van der Waals surface area contributed by atoms with Gasteiger partial charge in [-0.1, -0.05) is 11.6 Å². The van der Waals surface area contributed by atoms with Crippen molar-refractivity contribution in [1.82, 2.24) is 0 Å². The lowest BCUT2D eigenvalue weighted by Crippen LogP contribution is -2.18. The van der Waals surface area contributed by atoms with Gasteiger partial charge in [-0.05, 0) is 19.8 Å². The second-order valence-electron chi connectivity index (χ2n) is 2.88. The monoisotopic (exact) mass is 161 g/mol. The Balaban J connectivity index is 2.35. The van der Waals surface area contributed by atoms with Crippen molar-refractivity contribution in [2.45, 2.75) is 25.3 Å².